The zero-order valence-electron chi connectivity index (χ0n) is 14.6. The van der Waals surface area contributed by atoms with Crippen molar-refractivity contribution >= 4 is 5.91 Å². The molecule has 0 bridgehead atoms. The van der Waals surface area contributed by atoms with Crippen molar-refractivity contribution in [1.82, 2.24) is 15.5 Å². The predicted molar refractivity (Wildman–Crippen MR) is 94.8 cm³/mol. The number of rotatable bonds is 7. The number of nitrogens with one attached hydrogen (secondary N) is 1. The van der Waals surface area contributed by atoms with Crippen molar-refractivity contribution in [1.29, 1.82) is 0 Å². The van der Waals surface area contributed by atoms with Crippen LogP contribution in [0.5, 0.6) is 11.5 Å². The zero-order chi connectivity index (χ0) is 18.4. The molecule has 7 nitrogen and oxygen atoms in total. The highest BCUT2D eigenvalue weighted by Crippen LogP contribution is 2.25. The molecule has 26 heavy (non-hydrogen) atoms. The van der Waals surface area contributed by atoms with E-state index >= 15 is 0 Å². The molecule has 1 aromatic heterocycles. The molecule has 1 N–H and O–H groups in total. The number of aromatic nitrogens is 2. The monoisotopic (exact) mass is 353 g/mol. The molecule has 1 heterocycles. The van der Waals surface area contributed by atoms with E-state index in [0.29, 0.717) is 23.2 Å². The highest BCUT2D eigenvalue weighted by atomic mass is 16.5. The van der Waals surface area contributed by atoms with E-state index in [1.165, 1.54) is 0 Å². The average molecular weight is 353 g/mol. The van der Waals surface area contributed by atoms with E-state index in [0.717, 1.165) is 11.1 Å². The standard InChI is InChI=1S/C19H19N3O4/c1-13-6-5-7-14(10-13)19-21-18(26-22-19)11-20-17(23)12-25-16-9-4-3-8-15(16)24-2/h3-10H,11-12H2,1-2H3,(H,20,23). The summed E-state index contributed by atoms with van der Waals surface area (Å²) < 4.78 is 15.8. The molecule has 1 amide bonds. The SMILES string of the molecule is COc1ccccc1OCC(=O)NCc1nc(-c2cccc(C)c2)no1. The summed E-state index contributed by atoms with van der Waals surface area (Å²) in [6.45, 7) is 1.98. The molecule has 134 valence electrons. The lowest BCUT2D eigenvalue weighted by molar-refractivity contribution is -0.123. The van der Waals surface area contributed by atoms with Crippen molar-refractivity contribution in [2.75, 3.05) is 13.7 Å². The Hall–Kier alpha value is -3.35. The Morgan fingerprint density at radius 1 is 1.15 bits per heavy atom. The summed E-state index contributed by atoms with van der Waals surface area (Å²) in [5.74, 6) is 1.59. The first-order chi connectivity index (χ1) is 12.7. The maximum Gasteiger partial charge on any atom is 0.258 e. The van der Waals surface area contributed by atoms with Gasteiger partial charge in [0, 0.05) is 5.56 Å². The van der Waals surface area contributed by atoms with Gasteiger partial charge in [-0.25, -0.2) is 0 Å². The fourth-order valence-electron chi connectivity index (χ4n) is 2.33. The highest BCUT2D eigenvalue weighted by Gasteiger charge is 2.11. The van der Waals surface area contributed by atoms with Crippen LogP contribution in [0.3, 0.4) is 0 Å². The van der Waals surface area contributed by atoms with Gasteiger partial charge in [-0.15, -0.1) is 0 Å². The fraction of sp³-hybridized carbons (Fsp3) is 0.211. The lowest BCUT2D eigenvalue weighted by atomic mass is 10.1. The first-order valence-electron chi connectivity index (χ1n) is 8.08. The largest absolute Gasteiger partial charge is 0.493 e. The number of benzene rings is 2. The lowest BCUT2D eigenvalue weighted by Gasteiger charge is -2.09. The second kappa shape index (κ2) is 8.15. The van der Waals surface area contributed by atoms with Crippen LogP contribution in [-0.4, -0.2) is 29.8 Å². The maximum absolute atomic E-state index is 11.9. The van der Waals surface area contributed by atoms with Crippen molar-refractivity contribution < 1.29 is 18.8 Å². The van der Waals surface area contributed by atoms with Gasteiger partial charge in [0.25, 0.3) is 5.91 Å². The summed E-state index contributed by atoms with van der Waals surface area (Å²) in [7, 11) is 1.55. The van der Waals surface area contributed by atoms with Crippen LogP contribution in [-0.2, 0) is 11.3 Å². The molecule has 0 radical (unpaired) electrons. The molecule has 0 aliphatic carbocycles. The van der Waals surface area contributed by atoms with E-state index in [9.17, 15) is 4.79 Å². The first-order valence-corrected chi connectivity index (χ1v) is 8.08. The van der Waals surface area contributed by atoms with Gasteiger partial charge in [-0.2, -0.15) is 4.98 Å². The maximum atomic E-state index is 11.9. The predicted octanol–water partition coefficient (Wildman–Crippen LogP) is 2.75. The van der Waals surface area contributed by atoms with E-state index in [2.05, 4.69) is 15.5 Å². The van der Waals surface area contributed by atoms with Crippen molar-refractivity contribution in [3.8, 4) is 22.9 Å². The molecule has 0 spiro atoms. The van der Waals surface area contributed by atoms with E-state index in [-0.39, 0.29) is 19.1 Å². The van der Waals surface area contributed by atoms with Crippen molar-refractivity contribution in [2.24, 2.45) is 0 Å². The molecule has 3 aromatic rings. The quantitative estimate of drug-likeness (QED) is 0.703. The van der Waals surface area contributed by atoms with E-state index in [4.69, 9.17) is 14.0 Å². The van der Waals surface area contributed by atoms with Crippen LogP contribution in [0.1, 0.15) is 11.5 Å². The fourth-order valence-corrected chi connectivity index (χ4v) is 2.33. The minimum absolute atomic E-state index is 0.132. The van der Waals surface area contributed by atoms with Crippen LogP contribution >= 0.6 is 0 Å². The molecule has 2 aromatic carbocycles. The Kier molecular flexibility index (Phi) is 5.48. The third kappa shape index (κ3) is 4.38. The third-order valence-corrected chi connectivity index (χ3v) is 3.61. The summed E-state index contributed by atoms with van der Waals surface area (Å²) in [5.41, 5.74) is 1.97. The molecule has 0 unspecified atom stereocenters. The van der Waals surface area contributed by atoms with Gasteiger partial charge >= 0.3 is 0 Å². The van der Waals surface area contributed by atoms with Crippen molar-refractivity contribution in [3.05, 3.63) is 60.0 Å². The van der Waals surface area contributed by atoms with Gasteiger partial charge in [0.15, 0.2) is 18.1 Å². The number of hydrogen-bond donors (Lipinski definition) is 1. The number of ether oxygens (including phenoxy) is 2. The highest BCUT2D eigenvalue weighted by molar-refractivity contribution is 5.77. The average Bonchev–Trinajstić information content (AvgIpc) is 3.14. The molecule has 7 heteroatoms. The Bertz CT molecular complexity index is 892. The number of carbonyl (C=O) groups excluding carboxylic acids is 1. The minimum atomic E-state index is -0.300. The molecule has 0 saturated heterocycles. The van der Waals surface area contributed by atoms with Crippen LogP contribution in [0.4, 0.5) is 0 Å². The molecule has 0 aliphatic rings. The van der Waals surface area contributed by atoms with Gasteiger partial charge in [0.05, 0.1) is 13.7 Å². The van der Waals surface area contributed by atoms with Gasteiger partial charge < -0.3 is 19.3 Å². The second-order valence-electron chi connectivity index (χ2n) is 5.60. The smallest absolute Gasteiger partial charge is 0.258 e. The minimum Gasteiger partial charge on any atom is -0.493 e. The normalized spacial score (nSPS) is 10.4. The van der Waals surface area contributed by atoms with Crippen LogP contribution in [0, 0.1) is 6.92 Å². The molecule has 0 atom stereocenters. The zero-order valence-corrected chi connectivity index (χ0v) is 14.6. The number of aryl methyl sites for hydroxylation is 1. The number of para-hydroxylation sites is 2. The van der Waals surface area contributed by atoms with Gasteiger partial charge in [0.1, 0.15) is 0 Å². The Labute approximate surface area is 150 Å². The van der Waals surface area contributed by atoms with Crippen LogP contribution < -0.4 is 14.8 Å². The lowest BCUT2D eigenvalue weighted by Crippen LogP contribution is -2.28. The van der Waals surface area contributed by atoms with E-state index < -0.39 is 0 Å². The number of carbonyl (C=O) groups is 1. The summed E-state index contributed by atoms with van der Waals surface area (Å²) in [6, 6.07) is 14.9. The molecule has 3 rings (SSSR count). The summed E-state index contributed by atoms with van der Waals surface area (Å²) in [4.78, 5) is 16.2. The number of hydrogen-bond acceptors (Lipinski definition) is 6. The summed E-state index contributed by atoms with van der Waals surface area (Å²) >= 11 is 0. The van der Waals surface area contributed by atoms with Gasteiger partial charge in [-0.1, -0.05) is 41.1 Å². The Balaban J connectivity index is 1.52. The van der Waals surface area contributed by atoms with Crippen LogP contribution in [0.25, 0.3) is 11.4 Å². The molecular formula is C19H19N3O4. The molecule has 0 saturated carbocycles. The summed E-state index contributed by atoms with van der Waals surface area (Å²) in [6.07, 6.45) is 0. The topological polar surface area (TPSA) is 86.5 Å². The van der Waals surface area contributed by atoms with Crippen LogP contribution in [0.2, 0.25) is 0 Å². The number of amides is 1. The van der Waals surface area contributed by atoms with Crippen molar-refractivity contribution in [3.63, 3.8) is 0 Å². The van der Waals surface area contributed by atoms with Gasteiger partial charge in [0.2, 0.25) is 11.7 Å². The van der Waals surface area contributed by atoms with Gasteiger partial charge in [-0.05, 0) is 25.1 Å². The molecular weight excluding hydrogens is 334 g/mol. The van der Waals surface area contributed by atoms with Crippen LogP contribution in [0.15, 0.2) is 53.1 Å². The number of nitrogens with zero attached hydrogens (tertiary/aromatic N) is 2. The van der Waals surface area contributed by atoms with Crippen molar-refractivity contribution in [2.45, 2.75) is 13.5 Å². The number of methoxy groups -OCH3 is 1. The summed E-state index contributed by atoms with van der Waals surface area (Å²) in [5, 5.41) is 6.62. The van der Waals surface area contributed by atoms with E-state index in [1.54, 1.807) is 25.3 Å². The third-order valence-electron chi connectivity index (χ3n) is 3.61. The van der Waals surface area contributed by atoms with Gasteiger partial charge in [-0.3, -0.25) is 4.79 Å². The Morgan fingerprint density at radius 3 is 2.73 bits per heavy atom. The second-order valence-corrected chi connectivity index (χ2v) is 5.60. The molecule has 0 fully saturated rings. The Morgan fingerprint density at radius 2 is 1.96 bits per heavy atom. The van der Waals surface area contributed by atoms with E-state index in [1.807, 2.05) is 37.3 Å². The first kappa shape index (κ1) is 17.5. The molecule has 0 aliphatic heterocycles.